The highest BCUT2D eigenvalue weighted by molar-refractivity contribution is 9.10. The molecule has 3 N–H and O–H groups in total. The van der Waals surface area contributed by atoms with Crippen molar-refractivity contribution in [3.8, 4) is 11.5 Å². The van der Waals surface area contributed by atoms with E-state index in [1.54, 1.807) is 12.1 Å². The van der Waals surface area contributed by atoms with Crippen LogP contribution in [0.4, 0.5) is 0 Å². The summed E-state index contributed by atoms with van der Waals surface area (Å²) in [4.78, 5) is 0. The van der Waals surface area contributed by atoms with Gasteiger partial charge in [-0.3, -0.25) is 0 Å². The van der Waals surface area contributed by atoms with Gasteiger partial charge in [-0.1, -0.05) is 6.07 Å². The lowest BCUT2D eigenvalue weighted by Gasteiger charge is -2.19. The maximum Gasteiger partial charge on any atom is 0.172 e. The minimum Gasteiger partial charge on any atom is -0.504 e. The summed E-state index contributed by atoms with van der Waals surface area (Å²) in [5, 5.41) is 28.4. The van der Waals surface area contributed by atoms with E-state index >= 15 is 0 Å². The van der Waals surface area contributed by atoms with Crippen molar-refractivity contribution < 1.29 is 15.3 Å². The second kappa shape index (κ2) is 3.20. The molecule has 4 heteroatoms. The predicted molar refractivity (Wildman–Crippen MR) is 52.7 cm³/mol. The molecule has 0 amide bonds. The molecule has 1 rings (SSSR count). The van der Waals surface area contributed by atoms with Gasteiger partial charge in [-0.25, -0.2) is 0 Å². The lowest BCUT2D eigenvalue weighted by atomic mass is 9.97. The number of aliphatic hydroxyl groups is 1. The zero-order valence-corrected chi connectivity index (χ0v) is 8.96. The van der Waals surface area contributed by atoms with E-state index in [0.717, 1.165) is 0 Å². The van der Waals surface area contributed by atoms with Crippen LogP contribution in [0.1, 0.15) is 19.4 Å². The Morgan fingerprint density at radius 1 is 1.15 bits per heavy atom. The number of phenolic OH excluding ortho intramolecular Hbond substituents is 2. The van der Waals surface area contributed by atoms with Crippen LogP contribution < -0.4 is 0 Å². The Bertz CT molecular complexity index is 328. The van der Waals surface area contributed by atoms with Gasteiger partial charge in [0, 0.05) is 5.56 Å². The highest BCUT2D eigenvalue weighted by atomic mass is 79.9. The molecule has 0 saturated carbocycles. The molecule has 0 atom stereocenters. The second-order valence-electron chi connectivity index (χ2n) is 3.35. The van der Waals surface area contributed by atoms with Gasteiger partial charge in [0.2, 0.25) is 0 Å². The molecule has 0 fully saturated rings. The number of aromatic hydroxyl groups is 2. The minimum absolute atomic E-state index is 0.250. The number of hydrogen-bond donors (Lipinski definition) is 3. The van der Waals surface area contributed by atoms with E-state index < -0.39 is 5.60 Å². The van der Waals surface area contributed by atoms with E-state index in [9.17, 15) is 15.3 Å². The Kier molecular flexibility index (Phi) is 2.54. The van der Waals surface area contributed by atoms with Gasteiger partial charge in [0.15, 0.2) is 11.5 Å². The van der Waals surface area contributed by atoms with Crippen LogP contribution in [0, 0.1) is 0 Å². The van der Waals surface area contributed by atoms with Gasteiger partial charge in [0.05, 0.1) is 10.1 Å². The summed E-state index contributed by atoms with van der Waals surface area (Å²) in [6.07, 6.45) is 0. The summed E-state index contributed by atoms with van der Waals surface area (Å²) in [6, 6.07) is 3.13. The van der Waals surface area contributed by atoms with E-state index in [-0.39, 0.29) is 11.5 Å². The maximum absolute atomic E-state index is 9.60. The van der Waals surface area contributed by atoms with Crippen LogP contribution in [0.5, 0.6) is 11.5 Å². The zero-order valence-electron chi connectivity index (χ0n) is 7.37. The molecule has 3 nitrogen and oxygen atoms in total. The van der Waals surface area contributed by atoms with Crippen molar-refractivity contribution in [1.82, 2.24) is 0 Å². The molecule has 0 saturated heterocycles. The van der Waals surface area contributed by atoms with Crippen LogP contribution in [0.2, 0.25) is 0 Å². The molecular weight excluding hydrogens is 236 g/mol. The van der Waals surface area contributed by atoms with Crippen LogP contribution in [-0.4, -0.2) is 15.3 Å². The molecule has 0 aliphatic heterocycles. The summed E-state index contributed by atoms with van der Waals surface area (Å²) < 4.78 is 0.401. The van der Waals surface area contributed by atoms with Gasteiger partial charge < -0.3 is 15.3 Å². The summed E-state index contributed by atoms with van der Waals surface area (Å²) in [6.45, 7) is 3.07. The monoisotopic (exact) mass is 246 g/mol. The van der Waals surface area contributed by atoms with Crippen LogP contribution in [0.15, 0.2) is 16.6 Å². The van der Waals surface area contributed by atoms with E-state index in [0.29, 0.717) is 10.0 Å². The fourth-order valence-corrected chi connectivity index (χ4v) is 1.37. The lowest BCUT2D eigenvalue weighted by Crippen LogP contribution is -2.15. The molecule has 0 aromatic heterocycles. The van der Waals surface area contributed by atoms with Gasteiger partial charge >= 0.3 is 0 Å². The fraction of sp³-hybridized carbons (Fsp3) is 0.333. The Morgan fingerprint density at radius 3 is 2.15 bits per heavy atom. The van der Waals surface area contributed by atoms with Crippen LogP contribution in [0.3, 0.4) is 0 Å². The third-order valence-corrected chi connectivity index (χ3v) is 2.40. The summed E-state index contributed by atoms with van der Waals surface area (Å²) in [7, 11) is 0. The summed E-state index contributed by atoms with van der Waals surface area (Å²) in [5.41, 5.74) is -0.865. The predicted octanol–water partition coefficient (Wildman–Crippen LogP) is 2.09. The molecule has 0 aliphatic rings. The van der Waals surface area contributed by atoms with Gasteiger partial charge in [-0.15, -0.1) is 0 Å². The first-order valence-electron chi connectivity index (χ1n) is 3.77. The van der Waals surface area contributed by atoms with Crippen molar-refractivity contribution in [2.45, 2.75) is 19.4 Å². The number of rotatable bonds is 1. The largest absolute Gasteiger partial charge is 0.504 e. The average molecular weight is 247 g/mol. The van der Waals surface area contributed by atoms with Gasteiger partial charge in [-0.05, 0) is 35.8 Å². The summed E-state index contributed by atoms with van der Waals surface area (Å²) in [5.74, 6) is -0.540. The van der Waals surface area contributed by atoms with Crippen LogP contribution in [0.25, 0.3) is 0 Å². The molecule has 1 aromatic rings. The first kappa shape index (κ1) is 10.3. The highest BCUT2D eigenvalue weighted by Crippen LogP contribution is 2.40. The lowest BCUT2D eigenvalue weighted by molar-refractivity contribution is 0.0753. The SMILES string of the molecule is CC(C)(O)c1ccc(Br)c(O)c1O. The molecule has 0 aliphatic carbocycles. The van der Waals surface area contributed by atoms with Crippen molar-refractivity contribution in [3.63, 3.8) is 0 Å². The first-order valence-corrected chi connectivity index (χ1v) is 4.56. The molecule has 1 aromatic carbocycles. The quantitative estimate of drug-likeness (QED) is 0.666. The Morgan fingerprint density at radius 2 is 1.69 bits per heavy atom. The maximum atomic E-state index is 9.60. The zero-order chi connectivity index (χ0) is 10.2. The highest BCUT2D eigenvalue weighted by Gasteiger charge is 2.22. The van der Waals surface area contributed by atoms with Crippen LogP contribution >= 0.6 is 15.9 Å². The number of hydrogen-bond acceptors (Lipinski definition) is 3. The number of halogens is 1. The van der Waals surface area contributed by atoms with E-state index in [1.807, 2.05) is 0 Å². The molecule has 0 heterocycles. The topological polar surface area (TPSA) is 60.7 Å². The van der Waals surface area contributed by atoms with Crippen molar-refractivity contribution in [1.29, 1.82) is 0 Å². The number of benzene rings is 1. The molecule has 72 valence electrons. The molecule has 13 heavy (non-hydrogen) atoms. The Balaban J connectivity index is 3.35. The minimum atomic E-state index is -1.16. The normalized spacial score (nSPS) is 11.7. The average Bonchev–Trinajstić information content (AvgIpc) is 1.98. The van der Waals surface area contributed by atoms with Crippen LogP contribution in [-0.2, 0) is 5.60 Å². The smallest absolute Gasteiger partial charge is 0.172 e. The second-order valence-corrected chi connectivity index (χ2v) is 4.21. The molecule has 0 radical (unpaired) electrons. The van der Waals surface area contributed by atoms with Crippen molar-refractivity contribution in [2.24, 2.45) is 0 Å². The van der Waals surface area contributed by atoms with Gasteiger partial charge in [-0.2, -0.15) is 0 Å². The van der Waals surface area contributed by atoms with Crippen molar-refractivity contribution in [2.75, 3.05) is 0 Å². The van der Waals surface area contributed by atoms with E-state index in [4.69, 9.17) is 0 Å². The van der Waals surface area contributed by atoms with Gasteiger partial charge in [0.25, 0.3) is 0 Å². The molecular formula is C9H11BrO3. The fourth-order valence-electron chi connectivity index (χ4n) is 1.05. The Hall–Kier alpha value is -0.740. The van der Waals surface area contributed by atoms with E-state index in [1.165, 1.54) is 13.8 Å². The third-order valence-electron chi connectivity index (χ3n) is 1.76. The summed E-state index contributed by atoms with van der Waals surface area (Å²) >= 11 is 3.06. The van der Waals surface area contributed by atoms with Gasteiger partial charge in [0.1, 0.15) is 0 Å². The van der Waals surface area contributed by atoms with Crippen molar-refractivity contribution in [3.05, 3.63) is 22.2 Å². The molecule has 0 bridgehead atoms. The molecule has 0 unspecified atom stereocenters. The van der Waals surface area contributed by atoms with E-state index in [2.05, 4.69) is 15.9 Å². The Labute approximate surface area is 84.8 Å². The third kappa shape index (κ3) is 1.95. The molecule has 0 spiro atoms. The standard InChI is InChI=1S/C9H11BrO3/c1-9(2,13)5-3-4-6(10)8(12)7(5)11/h3-4,11-13H,1-2H3. The van der Waals surface area contributed by atoms with Crippen molar-refractivity contribution >= 4 is 15.9 Å². The number of phenols is 2. The first-order chi connectivity index (χ1) is 5.84.